The average molecular weight is 463 g/mol. The van der Waals surface area contributed by atoms with E-state index >= 15 is 0 Å². The van der Waals surface area contributed by atoms with Gasteiger partial charge in [-0.2, -0.15) is 0 Å². The molecule has 2 aromatic carbocycles. The summed E-state index contributed by atoms with van der Waals surface area (Å²) in [4.78, 5) is 30.0. The predicted octanol–water partition coefficient (Wildman–Crippen LogP) is 5.07. The minimum absolute atomic E-state index is 0.0872. The van der Waals surface area contributed by atoms with Crippen LogP contribution in [0.25, 0.3) is 22.2 Å². The molecule has 3 aromatic rings. The first-order valence-electron chi connectivity index (χ1n) is 10.1. The number of amides is 1. The van der Waals surface area contributed by atoms with Crippen LogP contribution in [0.1, 0.15) is 36.3 Å². The van der Waals surface area contributed by atoms with Gasteiger partial charge in [-0.1, -0.05) is 73.4 Å². The van der Waals surface area contributed by atoms with Gasteiger partial charge < -0.3 is 9.52 Å². The van der Waals surface area contributed by atoms with Crippen LogP contribution in [0, 0.1) is 0 Å². The van der Waals surface area contributed by atoms with Crippen molar-refractivity contribution in [3.63, 3.8) is 0 Å². The Morgan fingerprint density at radius 2 is 2.00 bits per heavy atom. The minimum atomic E-state index is -1.10. The molecule has 1 aliphatic heterocycles. The Hall–Kier alpha value is -3.23. The first kappa shape index (κ1) is 20.7. The van der Waals surface area contributed by atoms with Gasteiger partial charge in [-0.25, -0.2) is 4.98 Å². The lowest BCUT2D eigenvalue weighted by molar-refractivity contribution is -0.140. The fraction of sp³-hybridized carbons (Fsp3) is 0.167. The fourth-order valence-electron chi connectivity index (χ4n) is 4.24. The van der Waals surface area contributed by atoms with Gasteiger partial charge in [0.05, 0.1) is 4.91 Å². The summed E-state index contributed by atoms with van der Waals surface area (Å²) < 4.78 is 6.36. The molecule has 0 bridgehead atoms. The topological polar surface area (TPSA) is 83.6 Å². The molecular weight excluding hydrogens is 444 g/mol. The molecule has 5 rings (SSSR count). The molecule has 0 saturated carbocycles. The number of carboxylic acids is 1. The van der Waals surface area contributed by atoms with Crippen LogP contribution in [0.4, 0.5) is 0 Å². The van der Waals surface area contributed by atoms with Crippen LogP contribution in [0.5, 0.6) is 0 Å². The summed E-state index contributed by atoms with van der Waals surface area (Å²) in [6.07, 6.45) is 2.31. The lowest BCUT2D eigenvalue weighted by Crippen LogP contribution is -2.33. The molecule has 2 aliphatic rings. The van der Waals surface area contributed by atoms with Crippen molar-refractivity contribution in [2.24, 2.45) is 0 Å². The largest absolute Gasteiger partial charge is 0.480 e. The Morgan fingerprint density at radius 3 is 2.78 bits per heavy atom. The number of carbonyl (C=O) groups excluding carboxylic acids is 1. The maximum Gasteiger partial charge on any atom is 0.323 e. The third kappa shape index (κ3) is 3.45. The van der Waals surface area contributed by atoms with E-state index in [4.69, 9.17) is 26.7 Å². The van der Waals surface area contributed by atoms with E-state index in [9.17, 15) is 9.59 Å². The number of oxazole rings is 1. The summed E-state index contributed by atoms with van der Waals surface area (Å²) in [6, 6.07) is 15.8. The second-order valence-electron chi connectivity index (χ2n) is 7.61. The fourth-order valence-corrected chi connectivity index (χ4v) is 5.46. The maximum atomic E-state index is 12.7. The third-order valence-corrected chi connectivity index (χ3v) is 7.12. The molecule has 32 heavy (non-hydrogen) atoms. The molecule has 8 heteroatoms. The van der Waals surface area contributed by atoms with Crippen molar-refractivity contribution in [2.45, 2.75) is 19.3 Å². The number of allylic oxidation sites excluding steroid dienone is 3. The van der Waals surface area contributed by atoms with E-state index in [1.165, 1.54) is 5.56 Å². The highest BCUT2D eigenvalue weighted by atomic mass is 32.2. The SMILES string of the molecule is CC1C(c2nc3ccccc3o2)=C(CC=C2SC(=S)N(CC(=O)O)C2=O)c2ccccc21. The number of hydrogen-bond donors (Lipinski definition) is 1. The lowest BCUT2D eigenvalue weighted by Gasteiger charge is -2.10. The number of para-hydroxylation sites is 2. The summed E-state index contributed by atoms with van der Waals surface area (Å²) in [7, 11) is 0. The number of benzene rings is 2. The monoisotopic (exact) mass is 462 g/mol. The van der Waals surface area contributed by atoms with Gasteiger partial charge in [-0.15, -0.1) is 0 Å². The number of thiocarbonyl (C=S) groups is 1. The minimum Gasteiger partial charge on any atom is -0.480 e. The van der Waals surface area contributed by atoms with Crippen LogP contribution in [0.2, 0.25) is 0 Å². The van der Waals surface area contributed by atoms with E-state index in [0.717, 1.165) is 44.5 Å². The van der Waals surface area contributed by atoms with Gasteiger partial charge in [0.2, 0.25) is 5.89 Å². The van der Waals surface area contributed by atoms with E-state index in [2.05, 4.69) is 19.1 Å². The highest BCUT2D eigenvalue weighted by molar-refractivity contribution is 8.26. The van der Waals surface area contributed by atoms with Gasteiger partial charge in [0.25, 0.3) is 5.91 Å². The number of fused-ring (bicyclic) bond motifs is 2. The highest BCUT2D eigenvalue weighted by Crippen LogP contribution is 2.48. The lowest BCUT2D eigenvalue weighted by atomic mass is 9.98. The van der Waals surface area contributed by atoms with Crippen LogP contribution in [0.3, 0.4) is 0 Å². The van der Waals surface area contributed by atoms with Crippen molar-refractivity contribution in [1.29, 1.82) is 0 Å². The quantitative estimate of drug-likeness (QED) is 0.418. The first-order valence-corrected chi connectivity index (χ1v) is 11.3. The first-order chi connectivity index (χ1) is 15.4. The Bertz CT molecular complexity index is 1320. The Balaban J connectivity index is 1.56. The zero-order chi connectivity index (χ0) is 22.4. The van der Waals surface area contributed by atoms with Gasteiger partial charge in [0.1, 0.15) is 16.4 Å². The van der Waals surface area contributed by atoms with E-state index in [1.54, 1.807) is 0 Å². The number of aliphatic carboxylic acids is 1. The van der Waals surface area contributed by atoms with Crippen LogP contribution < -0.4 is 0 Å². The standard InChI is InChI=1S/C24H18N2O4S2/c1-13-14-6-2-3-7-15(14)16(21(13)22-25-17-8-4-5-9-18(17)30-22)10-11-19-23(29)26(12-20(27)28)24(31)32-19/h2-9,11,13H,10,12H2,1H3,(H,27,28). The maximum absolute atomic E-state index is 12.7. The van der Waals surface area contributed by atoms with Crippen molar-refractivity contribution in [3.8, 4) is 0 Å². The molecule has 1 atom stereocenters. The Morgan fingerprint density at radius 1 is 1.25 bits per heavy atom. The molecule has 0 spiro atoms. The summed E-state index contributed by atoms with van der Waals surface area (Å²) in [5.41, 5.74) is 5.86. The molecule has 1 fully saturated rings. The molecule has 1 unspecified atom stereocenters. The van der Waals surface area contributed by atoms with Crippen molar-refractivity contribution in [1.82, 2.24) is 9.88 Å². The number of nitrogens with zero attached hydrogens (tertiary/aromatic N) is 2. The molecule has 1 amide bonds. The number of hydrogen-bond acceptors (Lipinski definition) is 6. The Kier molecular flexibility index (Phi) is 5.19. The second kappa shape index (κ2) is 8.03. The van der Waals surface area contributed by atoms with Gasteiger partial charge >= 0.3 is 5.97 Å². The van der Waals surface area contributed by atoms with Crippen LogP contribution in [-0.4, -0.2) is 37.7 Å². The third-order valence-electron chi connectivity index (χ3n) is 5.69. The summed E-state index contributed by atoms with van der Waals surface area (Å²) in [6.45, 7) is 1.70. The van der Waals surface area contributed by atoms with Gasteiger partial charge in [-0.3, -0.25) is 14.5 Å². The van der Waals surface area contributed by atoms with Gasteiger partial charge in [-0.05, 0) is 35.3 Å². The second-order valence-corrected chi connectivity index (χ2v) is 9.29. The summed E-state index contributed by atoms with van der Waals surface area (Å²) in [5, 5.41) is 9.05. The number of thioether (sulfide) groups is 1. The van der Waals surface area contributed by atoms with Gasteiger partial charge in [0, 0.05) is 11.5 Å². The van der Waals surface area contributed by atoms with Crippen LogP contribution >= 0.6 is 24.0 Å². The van der Waals surface area contributed by atoms with E-state index < -0.39 is 12.5 Å². The number of rotatable bonds is 5. The molecule has 6 nitrogen and oxygen atoms in total. The number of aromatic nitrogens is 1. The normalized spacial score (nSPS) is 19.5. The van der Waals surface area contributed by atoms with Crippen molar-refractivity contribution >= 4 is 62.4 Å². The highest BCUT2D eigenvalue weighted by Gasteiger charge is 2.35. The molecule has 0 radical (unpaired) electrons. The molecule has 1 saturated heterocycles. The number of carbonyl (C=O) groups is 2. The smallest absolute Gasteiger partial charge is 0.323 e. The van der Waals surface area contributed by atoms with E-state index in [-0.39, 0.29) is 16.1 Å². The van der Waals surface area contributed by atoms with Crippen molar-refractivity contribution in [2.75, 3.05) is 6.54 Å². The molecule has 1 aliphatic carbocycles. The van der Waals surface area contributed by atoms with Crippen molar-refractivity contribution < 1.29 is 19.1 Å². The Labute approximate surface area is 193 Å². The molecule has 1 aromatic heterocycles. The van der Waals surface area contributed by atoms with Crippen LogP contribution in [-0.2, 0) is 9.59 Å². The van der Waals surface area contributed by atoms with Crippen molar-refractivity contribution in [3.05, 3.63) is 76.5 Å². The van der Waals surface area contributed by atoms with Gasteiger partial charge in [0.15, 0.2) is 5.58 Å². The number of carboxylic acid groups (broad SMARTS) is 1. The predicted molar refractivity (Wildman–Crippen MR) is 128 cm³/mol. The molecule has 1 N–H and O–H groups in total. The van der Waals surface area contributed by atoms with E-state index in [0.29, 0.717) is 17.2 Å². The zero-order valence-corrected chi connectivity index (χ0v) is 18.7. The molecule has 160 valence electrons. The average Bonchev–Trinajstić information content (AvgIpc) is 3.40. The molecule has 2 heterocycles. The van der Waals surface area contributed by atoms with E-state index in [1.807, 2.05) is 42.5 Å². The summed E-state index contributed by atoms with van der Waals surface area (Å²) in [5.74, 6) is -0.798. The zero-order valence-electron chi connectivity index (χ0n) is 17.1. The molecular formula is C24H18N2O4S2. The summed E-state index contributed by atoms with van der Waals surface area (Å²) >= 11 is 6.34. The van der Waals surface area contributed by atoms with Crippen LogP contribution in [0.15, 0.2) is 63.9 Å².